The molecule has 0 radical (unpaired) electrons. The topological polar surface area (TPSA) is 95.1 Å². The van der Waals surface area contributed by atoms with Gasteiger partial charge in [-0.15, -0.1) is 0 Å². The molecule has 178 valence electrons. The van der Waals surface area contributed by atoms with E-state index in [4.69, 9.17) is 15.2 Å². The summed E-state index contributed by atoms with van der Waals surface area (Å²) >= 11 is 0. The van der Waals surface area contributed by atoms with Crippen LogP contribution in [0.15, 0.2) is 59.3 Å². The molecule has 0 spiro atoms. The van der Waals surface area contributed by atoms with Gasteiger partial charge in [0.15, 0.2) is 5.82 Å². The van der Waals surface area contributed by atoms with Gasteiger partial charge in [0.2, 0.25) is 0 Å². The Hall–Kier alpha value is -3.98. The summed E-state index contributed by atoms with van der Waals surface area (Å²) < 4.78 is 22.2. The minimum atomic E-state index is -0.669. The average molecular weight is 473 g/mol. The predicted octanol–water partition coefficient (Wildman–Crippen LogP) is 3.53. The third kappa shape index (κ3) is 3.59. The number of rotatable bonds is 6. The van der Waals surface area contributed by atoms with E-state index in [2.05, 4.69) is 38.6 Å². The Labute approximate surface area is 200 Å². The lowest BCUT2D eigenvalue weighted by Crippen LogP contribution is -2.45. The number of hydrogen-bond acceptors (Lipinski definition) is 5. The van der Waals surface area contributed by atoms with Gasteiger partial charge in [-0.05, 0) is 36.2 Å². The highest BCUT2D eigenvalue weighted by Crippen LogP contribution is 2.32. The first kappa shape index (κ1) is 21.5. The molecular formula is C26H25FN6O2. The summed E-state index contributed by atoms with van der Waals surface area (Å²) in [6, 6.07) is 15.4. The highest BCUT2D eigenvalue weighted by Gasteiger charge is 2.27. The number of benzene rings is 2. The first-order chi connectivity index (χ1) is 17.0. The van der Waals surface area contributed by atoms with E-state index < -0.39 is 12.7 Å². The fourth-order valence-electron chi connectivity index (χ4n) is 5.00. The van der Waals surface area contributed by atoms with Crippen molar-refractivity contribution in [3.05, 3.63) is 71.6 Å². The Morgan fingerprint density at radius 3 is 2.83 bits per heavy atom. The lowest BCUT2D eigenvalue weighted by Gasteiger charge is -2.30. The van der Waals surface area contributed by atoms with Crippen molar-refractivity contribution >= 4 is 27.8 Å². The second kappa shape index (κ2) is 8.35. The van der Waals surface area contributed by atoms with Gasteiger partial charge in [0.05, 0.1) is 29.3 Å². The Morgan fingerprint density at radius 1 is 1.17 bits per heavy atom. The summed E-state index contributed by atoms with van der Waals surface area (Å²) in [6.07, 6.45) is 2.27. The van der Waals surface area contributed by atoms with Gasteiger partial charge < -0.3 is 24.3 Å². The minimum Gasteiger partial charge on any atom is -0.364 e. The van der Waals surface area contributed by atoms with Crippen LogP contribution >= 0.6 is 0 Å². The van der Waals surface area contributed by atoms with E-state index >= 15 is 0 Å². The van der Waals surface area contributed by atoms with E-state index in [1.54, 1.807) is 11.2 Å². The highest BCUT2D eigenvalue weighted by molar-refractivity contribution is 6.00. The molecule has 0 aliphatic carbocycles. The molecule has 0 saturated carbocycles. The number of halogens is 1. The van der Waals surface area contributed by atoms with E-state index in [0.717, 1.165) is 44.7 Å². The molecule has 35 heavy (non-hydrogen) atoms. The van der Waals surface area contributed by atoms with Crippen molar-refractivity contribution in [2.75, 3.05) is 19.8 Å². The van der Waals surface area contributed by atoms with Gasteiger partial charge in [-0.1, -0.05) is 23.4 Å². The molecule has 1 aliphatic rings. The summed E-state index contributed by atoms with van der Waals surface area (Å²) in [5, 5.41) is 5.20. The third-order valence-electron chi connectivity index (χ3n) is 6.78. The maximum absolute atomic E-state index is 13.1. The Kier molecular flexibility index (Phi) is 5.14. The number of fused-ring (bicyclic) bond motifs is 3. The maximum atomic E-state index is 13.1. The van der Waals surface area contributed by atoms with E-state index in [0.29, 0.717) is 25.1 Å². The monoisotopic (exact) mass is 472 g/mol. The second-order valence-electron chi connectivity index (χ2n) is 9.07. The molecule has 0 unspecified atom stereocenters. The van der Waals surface area contributed by atoms with Crippen LogP contribution < -0.4 is 5.73 Å². The standard InChI is InChI=1S/C26H25FN6O2/c1-31-23-10-16-6-8-32(14-18(28)13-27)26(34)20(16)12-21(23)29-25(31)24-11-17-4-2-3-5-22(17)33(24)15-19-7-9-35-30-19/h2-5,7,9-12,18H,6,8,13-15,28H2,1H3/t18-/m1/s1. The number of carbonyl (C=O) groups excluding carboxylic acids is 1. The molecule has 1 atom stereocenters. The SMILES string of the molecule is Cn1c(-c2cc3ccccc3n2Cc2ccon2)nc2cc3c(cc21)CCN(C[C@H](N)CF)C3=O. The number of hydrogen-bond donors (Lipinski definition) is 1. The van der Waals surface area contributed by atoms with Gasteiger partial charge >= 0.3 is 0 Å². The Bertz CT molecular complexity index is 1550. The van der Waals surface area contributed by atoms with E-state index in [1.165, 1.54) is 0 Å². The summed E-state index contributed by atoms with van der Waals surface area (Å²) in [5.74, 6) is 0.676. The lowest BCUT2D eigenvalue weighted by molar-refractivity contribution is 0.0725. The molecule has 5 aromatic rings. The summed E-state index contributed by atoms with van der Waals surface area (Å²) in [7, 11) is 1.99. The van der Waals surface area contributed by atoms with Crippen molar-refractivity contribution in [3.63, 3.8) is 0 Å². The molecule has 0 fully saturated rings. The fourth-order valence-corrected chi connectivity index (χ4v) is 5.00. The van der Waals surface area contributed by atoms with Crippen LogP contribution in [-0.4, -0.2) is 55.9 Å². The number of aryl methyl sites for hydroxylation is 1. The van der Waals surface area contributed by atoms with Gasteiger partial charge in [-0.3, -0.25) is 4.79 Å². The number of para-hydroxylation sites is 1. The van der Waals surface area contributed by atoms with Crippen LogP contribution in [0.2, 0.25) is 0 Å². The summed E-state index contributed by atoms with van der Waals surface area (Å²) in [6.45, 7) is 0.632. The average Bonchev–Trinajstić information content (AvgIpc) is 3.59. The van der Waals surface area contributed by atoms with Gasteiger partial charge in [-0.2, -0.15) is 0 Å². The smallest absolute Gasteiger partial charge is 0.254 e. The molecule has 3 aromatic heterocycles. The largest absolute Gasteiger partial charge is 0.364 e. The molecule has 9 heteroatoms. The zero-order valence-corrected chi connectivity index (χ0v) is 19.3. The van der Waals surface area contributed by atoms with Crippen LogP contribution in [0.3, 0.4) is 0 Å². The van der Waals surface area contributed by atoms with Crippen molar-refractivity contribution in [2.45, 2.75) is 19.0 Å². The Morgan fingerprint density at radius 2 is 2.03 bits per heavy atom. The normalized spacial score (nSPS) is 14.7. The van der Waals surface area contributed by atoms with E-state index in [1.807, 2.05) is 31.3 Å². The number of nitrogens with two attached hydrogens (primary N) is 1. The molecule has 0 bridgehead atoms. The second-order valence-corrected chi connectivity index (χ2v) is 9.07. The van der Waals surface area contributed by atoms with Crippen LogP contribution in [0.4, 0.5) is 4.39 Å². The maximum Gasteiger partial charge on any atom is 0.254 e. The fraction of sp³-hybridized carbons (Fsp3) is 0.269. The Balaban J connectivity index is 1.46. The number of imidazole rings is 1. The van der Waals surface area contributed by atoms with E-state index in [9.17, 15) is 9.18 Å². The van der Waals surface area contributed by atoms with Crippen molar-refractivity contribution in [2.24, 2.45) is 12.8 Å². The molecule has 6 rings (SSSR count). The highest BCUT2D eigenvalue weighted by atomic mass is 19.1. The third-order valence-corrected chi connectivity index (χ3v) is 6.78. The van der Waals surface area contributed by atoms with Crippen molar-refractivity contribution < 1.29 is 13.7 Å². The molecule has 1 amide bonds. The number of carbonyl (C=O) groups is 1. The first-order valence-corrected chi connectivity index (χ1v) is 11.6. The van der Waals surface area contributed by atoms with Crippen LogP contribution in [0, 0.1) is 0 Å². The van der Waals surface area contributed by atoms with Crippen LogP contribution in [0.1, 0.15) is 21.6 Å². The van der Waals surface area contributed by atoms with Crippen LogP contribution in [-0.2, 0) is 20.0 Å². The summed E-state index contributed by atoms with van der Waals surface area (Å²) in [5.41, 5.74) is 11.9. The number of alkyl halides is 1. The van der Waals surface area contributed by atoms with Crippen molar-refractivity contribution in [1.29, 1.82) is 0 Å². The quantitative estimate of drug-likeness (QED) is 0.408. The van der Waals surface area contributed by atoms with Crippen LogP contribution in [0.25, 0.3) is 33.5 Å². The molecule has 4 heterocycles. The van der Waals surface area contributed by atoms with Crippen molar-refractivity contribution in [3.8, 4) is 11.5 Å². The molecule has 1 aliphatic heterocycles. The zero-order valence-electron chi connectivity index (χ0n) is 19.3. The minimum absolute atomic E-state index is 0.121. The number of amides is 1. The van der Waals surface area contributed by atoms with Gasteiger partial charge in [0, 0.05) is 42.7 Å². The van der Waals surface area contributed by atoms with E-state index in [-0.39, 0.29) is 12.5 Å². The molecule has 0 saturated heterocycles. The summed E-state index contributed by atoms with van der Waals surface area (Å²) in [4.78, 5) is 19.7. The number of aromatic nitrogens is 4. The molecular weight excluding hydrogens is 447 g/mol. The molecule has 2 aromatic carbocycles. The van der Waals surface area contributed by atoms with Gasteiger partial charge in [-0.25, -0.2) is 9.37 Å². The van der Waals surface area contributed by atoms with Crippen LogP contribution in [0.5, 0.6) is 0 Å². The molecule has 8 nitrogen and oxygen atoms in total. The molecule has 2 N–H and O–H groups in total. The predicted molar refractivity (Wildman–Crippen MR) is 131 cm³/mol. The van der Waals surface area contributed by atoms with Gasteiger partial charge in [0.1, 0.15) is 18.6 Å². The zero-order chi connectivity index (χ0) is 24.1. The van der Waals surface area contributed by atoms with Gasteiger partial charge in [0.25, 0.3) is 5.91 Å². The lowest BCUT2D eigenvalue weighted by atomic mass is 9.97. The van der Waals surface area contributed by atoms with Crippen molar-refractivity contribution in [1.82, 2.24) is 24.2 Å². The first-order valence-electron chi connectivity index (χ1n) is 11.6. The number of nitrogens with zero attached hydrogens (tertiary/aromatic N) is 5.